The number of aromatic nitrogens is 1. The molecule has 0 unspecified atom stereocenters. The van der Waals surface area contributed by atoms with Crippen LogP contribution in [0.5, 0.6) is 5.75 Å². The highest BCUT2D eigenvalue weighted by molar-refractivity contribution is 9.10. The Hall–Kier alpha value is -2.02. The van der Waals surface area contributed by atoms with E-state index in [2.05, 4.69) is 70.5 Å². The number of pyridine rings is 1. The standard InChI is InChI=1S/C18H17BrClF2N3O4S.C8H19N.C2H6/c1-30(27,28)14-6-7-25(10-14)16-15(19)8-11(9-23-16)17(26)24-12-2-4-13(5-3-12)29-18(20,21)22;1-6-9(7(2)3)8(4)5;1-2/h2-5,8-9,14H,6-7,10H2,1H3,(H,24,26);7-8H,6H2,1-5H3;1-2H3/t14-;;/m1../s1. The van der Waals surface area contributed by atoms with E-state index in [1.807, 2.05) is 18.7 Å². The lowest BCUT2D eigenvalue weighted by Gasteiger charge is -2.28. The van der Waals surface area contributed by atoms with E-state index in [4.69, 9.17) is 11.6 Å². The first-order valence-corrected chi connectivity index (χ1v) is 16.7. The van der Waals surface area contributed by atoms with Gasteiger partial charge in [-0.2, -0.15) is 0 Å². The molecule has 1 amide bonds. The van der Waals surface area contributed by atoms with Crippen molar-refractivity contribution in [3.63, 3.8) is 0 Å². The van der Waals surface area contributed by atoms with Gasteiger partial charge >= 0.3 is 5.57 Å². The lowest BCUT2D eigenvalue weighted by atomic mass is 10.2. The smallest absolute Gasteiger partial charge is 0.420 e. The van der Waals surface area contributed by atoms with Crippen LogP contribution in [-0.2, 0) is 9.84 Å². The summed E-state index contributed by atoms with van der Waals surface area (Å²) in [4.78, 5) is 21.1. The number of nitrogens with zero attached hydrogens (tertiary/aromatic N) is 3. The maximum atomic E-state index is 12.6. The Balaban J connectivity index is 0.000000653. The summed E-state index contributed by atoms with van der Waals surface area (Å²) in [5.41, 5.74) is -3.20. The summed E-state index contributed by atoms with van der Waals surface area (Å²) in [6.07, 6.45) is 3.12. The van der Waals surface area contributed by atoms with E-state index < -0.39 is 26.6 Å². The van der Waals surface area contributed by atoms with Crippen LogP contribution in [0.3, 0.4) is 0 Å². The van der Waals surface area contributed by atoms with Crippen LogP contribution >= 0.6 is 27.5 Å². The molecule has 0 radical (unpaired) electrons. The Kier molecular flexibility index (Phi) is 15.0. The third-order valence-corrected chi connectivity index (χ3v) is 8.43. The molecule has 1 aliphatic heterocycles. The number of carbonyl (C=O) groups excluding carboxylic acids is 1. The molecule has 1 N–H and O–H groups in total. The molecule has 1 atom stereocenters. The monoisotopic (exact) mass is 682 g/mol. The Morgan fingerprint density at radius 2 is 1.78 bits per heavy atom. The van der Waals surface area contributed by atoms with Gasteiger partial charge in [0.1, 0.15) is 11.6 Å². The van der Waals surface area contributed by atoms with E-state index in [1.165, 1.54) is 36.7 Å². The first-order valence-electron chi connectivity index (χ1n) is 13.5. The molecule has 1 aromatic carbocycles. The van der Waals surface area contributed by atoms with Crippen LogP contribution in [0, 0.1) is 0 Å². The average Bonchev–Trinajstić information content (AvgIpc) is 3.37. The van der Waals surface area contributed by atoms with E-state index in [0.29, 0.717) is 47.6 Å². The zero-order valence-corrected chi connectivity index (χ0v) is 28.1. The zero-order chi connectivity index (χ0) is 31.5. The Bertz CT molecular complexity index is 1200. The Morgan fingerprint density at radius 3 is 2.17 bits per heavy atom. The quantitative estimate of drug-likeness (QED) is 0.284. The number of nitrogens with one attached hydrogen (secondary N) is 1. The van der Waals surface area contributed by atoms with Crippen LogP contribution in [0.1, 0.15) is 65.2 Å². The van der Waals surface area contributed by atoms with Crippen LogP contribution in [0.4, 0.5) is 20.3 Å². The van der Waals surface area contributed by atoms with Crippen molar-refractivity contribution in [1.82, 2.24) is 9.88 Å². The maximum absolute atomic E-state index is 12.6. The number of hydrogen-bond donors (Lipinski definition) is 1. The van der Waals surface area contributed by atoms with Crippen molar-refractivity contribution in [3.8, 4) is 5.75 Å². The number of hydrogen-bond acceptors (Lipinski definition) is 7. The van der Waals surface area contributed by atoms with Crippen LogP contribution in [0.2, 0.25) is 0 Å². The second-order valence-corrected chi connectivity index (χ2v) is 13.4. The molecule has 0 aliphatic carbocycles. The lowest BCUT2D eigenvalue weighted by molar-refractivity contribution is -0.0964. The molecular weight excluding hydrogens is 642 g/mol. The summed E-state index contributed by atoms with van der Waals surface area (Å²) in [6, 6.07) is 8.23. The minimum atomic E-state index is -3.82. The Labute approximate surface area is 256 Å². The van der Waals surface area contributed by atoms with Crippen LogP contribution in [0.25, 0.3) is 0 Å². The van der Waals surface area contributed by atoms with Gasteiger partial charge in [0, 0.05) is 54.9 Å². The molecule has 1 saturated heterocycles. The van der Waals surface area contributed by atoms with Crippen LogP contribution in [0.15, 0.2) is 41.0 Å². The van der Waals surface area contributed by atoms with Gasteiger partial charge in [-0.15, -0.1) is 8.78 Å². The normalized spacial score (nSPS) is 15.3. The molecule has 0 spiro atoms. The van der Waals surface area contributed by atoms with Crippen molar-refractivity contribution in [3.05, 3.63) is 46.6 Å². The molecule has 13 heteroatoms. The van der Waals surface area contributed by atoms with E-state index in [9.17, 15) is 22.0 Å². The number of halogens is 4. The molecule has 3 rings (SSSR count). The fourth-order valence-corrected chi connectivity index (χ4v) is 6.00. The van der Waals surface area contributed by atoms with Gasteiger partial charge in [-0.05, 0) is 86.9 Å². The highest BCUT2D eigenvalue weighted by Crippen LogP contribution is 2.30. The van der Waals surface area contributed by atoms with Crippen molar-refractivity contribution >= 4 is 54.8 Å². The predicted octanol–water partition coefficient (Wildman–Crippen LogP) is 7.04. The molecule has 1 aliphatic rings. The summed E-state index contributed by atoms with van der Waals surface area (Å²) >= 11 is 8.09. The molecule has 0 bridgehead atoms. The van der Waals surface area contributed by atoms with Crippen molar-refractivity contribution in [2.45, 2.75) is 77.8 Å². The molecule has 41 heavy (non-hydrogen) atoms. The largest absolute Gasteiger partial charge is 0.487 e. The van der Waals surface area contributed by atoms with Crippen LogP contribution in [-0.4, -0.2) is 73.0 Å². The van der Waals surface area contributed by atoms with Gasteiger partial charge < -0.3 is 15.0 Å². The molecule has 8 nitrogen and oxygen atoms in total. The number of alkyl halides is 3. The number of carbonyl (C=O) groups is 1. The zero-order valence-electron chi connectivity index (χ0n) is 24.9. The highest BCUT2D eigenvalue weighted by Gasteiger charge is 2.31. The number of anilines is 2. The molecule has 232 valence electrons. The van der Waals surface area contributed by atoms with Gasteiger partial charge in [0.25, 0.3) is 5.91 Å². The second kappa shape index (κ2) is 16.6. The maximum Gasteiger partial charge on any atom is 0.487 e. The minimum Gasteiger partial charge on any atom is -0.420 e. The van der Waals surface area contributed by atoms with Crippen molar-refractivity contribution in [2.75, 3.05) is 36.1 Å². The second-order valence-electron chi connectivity index (χ2n) is 9.76. The topological polar surface area (TPSA) is 91.8 Å². The van der Waals surface area contributed by atoms with Crippen molar-refractivity contribution in [2.24, 2.45) is 0 Å². The molecule has 2 heterocycles. The number of ether oxygens (including phenoxy) is 1. The van der Waals surface area contributed by atoms with Gasteiger partial charge in [-0.25, -0.2) is 13.4 Å². The average molecular weight is 684 g/mol. The molecular formula is C28H42BrClF2N4O4S. The summed E-state index contributed by atoms with van der Waals surface area (Å²) in [6.45, 7) is 17.2. The van der Waals surface area contributed by atoms with Gasteiger partial charge in [0.15, 0.2) is 9.84 Å². The van der Waals surface area contributed by atoms with Gasteiger partial charge in [0.2, 0.25) is 0 Å². The first kappa shape index (κ1) is 37.0. The Morgan fingerprint density at radius 1 is 1.22 bits per heavy atom. The number of amides is 1. The van der Waals surface area contributed by atoms with E-state index in [0.717, 1.165) is 6.54 Å². The van der Waals surface area contributed by atoms with E-state index in [1.54, 1.807) is 6.07 Å². The summed E-state index contributed by atoms with van der Waals surface area (Å²) in [5.74, 6) is -0.0532. The molecule has 0 saturated carbocycles. The highest BCUT2D eigenvalue weighted by atomic mass is 79.9. The van der Waals surface area contributed by atoms with Gasteiger partial charge in [-0.1, -0.05) is 20.8 Å². The molecule has 1 aromatic heterocycles. The van der Waals surface area contributed by atoms with E-state index in [-0.39, 0.29) is 11.3 Å². The first-order chi connectivity index (χ1) is 19.0. The van der Waals surface area contributed by atoms with Gasteiger partial charge in [0.05, 0.1) is 15.3 Å². The molecule has 1 fully saturated rings. The SMILES string of the molecule is CC.CCN(C(C)C)C(C)C.CS(=O)(=O)[C@@H]1CCN(c2ncc(C(=O)Nc3ccc(OC(F)(F)Cl)cc3)cc2Br)C1. The van der Waals surface area contributed by atoms with Gasteiger partial charge in [-0.3, -0.25) is 9.69 Å². The lowest BCUT2D eigenvalue weighted by Crippen LogP contribution is -2.36. The summed E-state index contributed by atoms with van der Waals surface area (Å²) < 4.78 is 53.5. The fraction of sp³-hybridized carbons (Fsp3) is 0.571. The van der Waals surface area contributed by atoms with Crippen LogP contribution < -0.4 is 15.0 Å². The third kappa shape index (κ3) is 12.4. The fourth-order valence-electron chi connectivity index (χ4n) is 4.33. The summed E-state index contributed by atoms with van der Waals surface area (Å²) in [7, 11) is -3.13. The predicted molar refractivity (Wildman–Crippen MR) is 167 cm³/mol. The van der Waals surface area contributed by atoms with Crippen molar-refractivity contribution < 1.29 is 26.7 Å². The third-order valence-electron chi connectivity index (χ3n) is 6.17. The summed E-state index contributed by atoms with van der Waals surface area (Å²) in [5, 5.41) is 2.18. The minimum absolute atomic E-state index is 0.153. The molecule has 2 aromatic rings. The van der Waals surface area contributed by atoms with E-state index >= 15 is 0 Å². The number of benzene rings is 1. The number of sulfone groups is 1. The van der Waals surface area contributed by atoms with Crippen molar-refractivity contribution in [1.29, 1.82) is 0 Å². The number of rotatable bonds is 9.